The molecule has 0 spiro atoms. The Labute approximate surface area is 110 Å². The van der Waals surface area contributed by atoms with Crippen molar-refractivity contribution < 1.29 is 14.7 Å². The maximum absolute atomic E-state index is 11.7. The molecule has 0 heterocycles. The van der Waals surface area contributed by atoms with Crippen LogP contribution >= 0.6 is 11.6 Å². The molecule has 0 aliphatic heterocycles. The van der Waals surface area contributed by atoms with E-state index in [0.29, 0.717) is 12.1 Å². The van der Waals surface area contributed by atoms with Crippen LogP contribution in [0.2, 0.25) is 5.02 Å². The average Bonchev–Trinajstić information content (AvgIpc) is 2.31. The van der Waals surface area contributed by atoms with Crippen molar-refractivity contribution in [1.29, 1.82) is 0 Å². The molecule has 0 radical (unpaired) electrons. The molecule has 0 bridgehead atoms. The van der Waals surface area contributed by atoms with Crippen molar-refractivity contribution in [2.45, 2.75) is 25.8 Å². The number of carboxylic acids is 1. The van der Waals surface area contributed by atoms with Gasteiger partial charge in [0.15, 0.2) is 0 Å². The summed E-state index contributed by atoms with van der Waals surface area (Å²) < 4.78 is 0. The van der Waals surface area contributed by atoms with Gasteiger partial charge in [-0.1, -0.05) is 24.9 Å². The minimum absolute atomic E-state index is 0.0569. The minimum Gasteiger partial charge on any atom is -0.478 e. The predicted octanol–water partition coefficient (Wildman–Crippen LogP) is 2.10. The largest absolute Gasteiger partial charge is 0.478 e. The van der Waals surface area contributed by atoms with Crippen LogP contribution in [0.4, 0.5) is 5.69 Å². The summed E-state index contributed by atoms with van der Waals surface area (Å²) >= 11 is 5.72. The van der Waals surface area contributed by atoms with Gasteiger partial charge in [0.1, 0.15) is 0 Å². The van der Waals surface area contributed by atoms with Crippen LogP contribution < -0.4 is 11.1 Å². The van der Waals surface area contributed by atoms with Crippen molar-refractivity contribution in [3.63, 3.8) is 0 Å². The number of aromatic carboxylic acids is 1. The molecular formula is C12H15ClN2O3. The Morgan fingerprint density at radius 3 is 2.72 bits per heavy atom. The van der Waals surface area contributed by atoms with E-state index in [1.165, 1.54) is 18.2 Å². The third kappa shape index (κ3) is 3.72. The Kier molecular flexibility index (Phi) is 5.12. The fourth-order valence-electron chi connectivity index (χ4n) is 1.44. The van der Waals surface area contributed by atoms with E-state index >= 15 is 0 Å². The molecule has 0 fully saturated rings. The molecule has 0 saturated carbocycles. The van der Waals surface area contributed by atoms with Crippen LogP contribution in [0, 0.1) is 0 Å². The van der Waals surface area contributed by atoms with Gasteiger partial charge in [-0.25, -0.2) is 4.79 Å². The fraction of sp³-hybridized carbons (Fsp3) is 0.333. The summed E-state index contributed by atoms with van der Waals surface area (Å²) in [5, 5.41) is 11.6. The number of hydrogen-bond acceptors (Lipinski definition) is 3. The molecule has 6 heteroatoms. The lowest BCUT2D eigenvalue weighted by molar-refractivity contribution is -0.117. The lowest BCUT2D eigenvalue weighted by Gasteiger charge is -2.11. The monoisotopic (exact) mass is 270 g/mol. The first-order valence-electron chi connectivity index (χ1n) is 5.55. The van der Waals surface area contributed by atoms with Gasteiger partial charge in [0.05, 0.1) is 16.6 Å². The van der Waals surface area contributed by atoms with E-state index in [2.05, 4.69) is 5.32 Å². The minimum atomic E-state index is -1.14. The van der Waals surface area contributed by atoms with Gasteiger partial charge in [-0.15, -0.1) is 0 Å². The van der Waals surface area contributed by atoms with Gasteiger partial charge in [0.2, 0.25) is 5.91 Å². The van der Waals surface area contributed by atoms with Crippen LogP contribution in [-0.2, 0) is 4.79 Å². The second kappa shape index (κ2) is 6.37. The quantitative estimate of drug-likeness (QED) is 0.764. The van der Waals surface area contributed by atoms with Crippen molar-refractivity contribution in [3.8, 4) is 0 Å². The molecule has 0 aromatic heterocycles. The van der Waals surface area contributed by atoms with E-state index in [4.69, 9.17) is 22.4 Å². The summed E-state index contributed by atoms with van der Waals surface area (Å²) in [4.78, 5) is 22.5. The molecule has 0 aliphatic carbocycles. The molecule has 0 saturated heterocycles. The first-order valence-corrected chi connectivity index (χ1v) is 5.92. The number of anilines is 1. The topological polar surface area (TPSA) is 92.4 Å². The van der Waals surface area contributed by atoms with Gasteiger partial charge in [-0.3, -0.25) is 4.79 Å². The summed E-state index contributed by atoms with van der Waals surface area (Å²) in [5.41, 5.74) is 5.96. The Balaban J connectivity index is 2.82. The van der Waals surface area contributed by atoms with E-state index < -0.39 is 12.0 Å². The van der Waals surface area contributed by atoms with E-state index in [1.807, 2.05) is 6.92 Å². The van der Waals surface area contributed by atoms with Crippen LogP contribution in [0.15, 0.2) is 18.2 Å². The van der Waals surface area contributed by atoms with Gasteiger partial charge in [0, 0.05) is 5.69 Å². The van der Waals surface area contributed by atoms with Gasteiger partial charge in [-0.05, 0) is 24.6 Å². The summed E-state index contributed by atoms with van der Waals surface area (Å²) in [6.07, 6.45) is 1.38. The Morgan fingerprint density at radius 1 is 1.50 bits per heavy atom. The number of halogens is 1. The highest BCUT2D eigenvalue weighted by molar-refractivity contribution is 6.33. The van der Waals surface area contributed by atoms with Gasteiger partial charge in [0.25, 0.3) is 0 Å². The summed E-state index contributed by atoms with van der Waals surface area (Å²) in [6.45, 7) is 1.93. The Hall–Kier alpha value is -1.59. The number of rotatable bonds is 5. The number of carboxylic acid groups (broad SMARTS) is 1. The van der Waals surface area contributed by atoms with Crippen molar-refractivity contribution >= 4 is 29.2 Å². The van der Waals surface area contributed by atoms with Crippen LogP contribution in [0.25, 0.3) is 0 Å². The van der Waals surface area contributed by atoms with Crippen molar-refractivity contribution in [3.05, 3.63) is 28.8 Å². The maximum Gasteiger partial charge on any atom is 0.337 e. The molecule has 1 aromatic rings. The van der Waals surface area contributed by atoms with E-state index in [0.717, 1.165) is 6.42 Å². The highest BCUT2D eigenvalue weighted by Gasteiger charge is 2.14. The first kappa shape index (κ1) is 14.5. The zero-order valence-corrected chi connectivity index (χ0v) is 10.7. The van der Waals surface area contributed by atoms with Crippen LogP contribution in [0.1, 0.15) is 30.1 Å². The van der Waals surface area contributed by atoms with Gasteiger partial charge in [-0.2, -0.15) is 0 Å². The molecule has 0 unspecified atom stereocenters. The molecule has 0 aliphatic rings. The Bertz CT molecular complexity index is 463. The molecular weight excluding hydrogens is 256 g/mol. The second-order valence-corrected chi connectivity index (χ2v) is 4.29. The highest BCUT2D eigenvalue weighted by atomic mass is 35.5. The third-order valence-corrected chi connectivity index (χ3v) is 2.73. The number of nitrogens with one attached hydrogen (secondary N) is 1. The molecule has 4 N–H and O–H groups in total. The summed E-state index contributed by atoms with van der Waals surface area (Å²) in [5.74, 6) is -1.48. The smallest absolute Gasteiger partial charge is 0.337 e. The average molecular weight is 271 g/mol. The standard InChI is InChI=1S/C12H15ClN2O3/c1-2-3-10(14)11(16)15-7-4-5-9(13)8(6-7)12(17)18/h4-6,10H,2-3,14H2,1H3,(H,15,16)(H,17,18)/t10-/m1/s1. The SMILES string of the molecule is CCC[C@@H](N)C(=O)Nc1ccc(Cl)c(C(=O)O)c1. The van der Waals surface area contributed by atoms with Gasteiger partial charge < -0.3 is 16.2 Å². The predicted molar refractivity (Wildman–Crippen MR) is 69.9 cm³/mol. The summed E-state index contributed by atoms with van der Waals surface area (Å²) in [6, 6.07) is 3.66. The molecule has 1 aromatic carbocycles. The lowest BCUT2D eigenvalue weighted by atomic mass is 10.1. The van der Waals surface area contributed by atoms with Gasteiger partial charge >= 0.3 is 5.97 Å². The molecule has 18 heavy (non-hydrogen) atoms. The normalized spacial score (nSPS) is 11.9. The van der Waals surface area contributed by atoms with Crippen molar-refractivity contribution in [2.75, 3.05) is 5.32 Å². The van der Waals surface area contributed by atoms with E-state index in [1.54, 1.807) is 0 Å². The van der Waals surface area contributed by atoms with Crippen molar-refractivity contribution in [1.82, 2.24) is 0 Å². The third-order valence-electron chi connectivity index (χ3n) is 2.40. The Morgan fingerprint density at radius 2 is 2.17 bits per heavy atom. The number of benzene rings is 1. The summed E-state index contributed by atoms with van der Waals surface area (Å²) in [7, 11) is 0. The van der Waals surface area contributed by atoms with E-state index in [-0.39, 0.29) is 16.5 Å². The second-order valence-electron chi connectivity index (χ2n) is 3.88. The number of carbonyl (C=O) groups is 2. The number of nitrogens with two attached hydrogens (primary N) is 1. The van der Waals surface area contributed by atoms with E-state index in [9.17, 15) is 9.59 Å². The zero-order chi connectivity index (χ0) is 13.7. The fourth-order valence-corrected chi connectivity index (χ4v) is 1.64. The molecule has 1 atom stereocenters. The molecule has 1 rings (SSSR count). The lowest BCUT2D eigenvalue weighted by Crippen LogP contribution is -2.35. The van der Waals surface area contributed by atoms with Crippen LogP contribution in [0.3, 0.4) is 0 Å². The number of amides is 1. The van der Waals surface area contributed by atoms with Crippen molar-refractivity contribution in [2.24, 2.45) is 5.73 Å². The molecule has 5 nitrogen and oxygen atoms in total. The number of hydrogen-bond donors (Lipinski definition) is 3. The molecule has 98 valence electrons. The zero-order valence-electron chi connectivity index (χ0n) is 9.94. The maximum atomic E-state index is 11.7. The number of carbonyl (C=O) groups excluding carboxylic acids is 1. The van der Waals surface area contributed by atoms with Crippen LogP contribution in [0.5, 0.6) is 0 Å². The first-order chi connectivity index (χ1) is 8.45. The van der Waals surface area contributed by atoms with Crippen LogP contribution in [-0.4, -0.2) is 23.0 Å². The highest BCUT2D eigenvalue weighted by Crippen LogP contribution is 2.20. The molecule has 1 amide bonds.